The number of hydrogen-bond donors (Lipinski definition) is 3. The zero-order valence-corrected chi connectivity index (χ0v) is 19.9. The fourth-order valence-corrected chi connectivity index (χ4v) is 5.32. The molecule has 0 bridgehead atoms. The van der Waals surface area contributed by atoms with Crippen LogP contribution >= 0.6 is 11.3 Å². The molecule has 2 aliphatic rings. The average Bonchev–Trinajstić information content (AvgIpc) is 3.61. The summed E-state index contributed by atoms with van der Waals surface area (Å²) in [7, 11) is 1.71. The smallest absolute Gasteiger partial charge is 0.258 e. The van der Waals surface area contributed by atoms with Gasteiger partial charge in [0.05, 0.1) is 11.9 Å². The second-order valence-corrected chi connectivity index (χ2v) is 9.61. The first kappa shape index (κ1) is 21.7. The quantitative estimate of drug-likeness (QED) is 0.392. The highest BCUT2D eigenvalue weighted by Crippen LogP contribution is 2.36. The molecule has 2 aliphatic heterocycles. The Morgan fingerprint density at radius 1 is 1.20 bits per heavy atom. The molecule has 4 aromatic rings. The third kappa shape index (κ3) is 3.82. The maximum absolute atomic E-state index is 12.5. The average molecular weight is 489 g/mol. The van der Waals surface area contributed by atoms with Crippen LogP contribution < -0.4 is 10.6 Å². The van der Waals surface area contributed by atoms with Gasteiger partial charge in [0, 0.05) is 50.2 Å². The molecule has 178 valence electrons. The second kappa shape index (κ2) is 8.43. The summed E-state index contributed by atoms with van der Waals surface area (Å²) in [5.41, 5.74) is 2.21. The minimum Gasteiger partial charge on any atom is -0.375 e. The molecule has 1 aromatic carbocycles. The molecule has 0 spiro atoms. The third-order valence-electron chi connectivity index (χ3n) is 6.44. The van der Waals surface area contributed by atoms with E-state index in [0.717, 1.165) is 47.3 Å². The number of likely N-dealkylation sites (N-methyl/N-ethyl adjacent to an activating group) is 1. The van der Waals surface area contributed by atoms with Gasteiger partial charge < -0.3 is 20.6 Å². The Kier molecular flexibility index (Phi) is 5.23. The van der Waals surface area contributed by atoms with Crippen LogP contribution in [-0.4, -0.2) is 60.8 Å². The van der Waals surface area contributed by atoms with Crippen molar-refractivity contribution in [3.63, 3.8) is 0 Å². The highest BCUT2D eigenvalue weighted by atomic mass is 32.1. The lowest BCUT2D eigenvalue weighted by molar-refractivity contribution is -0.143. The highest BCUT2D eigenvalue weighted by Gasteiger charge is 2.45. The zero-order valence-electron chi connectivity index (χ0n) is 19.1. The number of aromatic nitrogens is 5. The van der Waals surface area contributed by atoms with Gasteiger partial charge in [0.15, 0.2) is 5.60 Å². The van der Waals surface area contributed by atoms with Gasteiger partial charge in [-0.15, -0.1) is 11.3 Å². The normalized spacial score (nSPS) is 19.5. The lowest BCUT2D eigenvalue weighted by Crippen LogP contribution is -2.36. The van der Waals surface area contributed by atoms with E-state index in [-0.39, 0.29) is 5.91 Å². The Hall–Kier alpha value is -3.83. The van der Waals surface area contributed by atoms with Gasteiger partial charge in [-0.05, 0) is 24.1 Å². The number of rotatable bonds is 5. The monoisotopic (exact) mass is 488 g/mol. The number of aryl methyl sites for hydroxylation is 1. The van der Waals surface area contributed by atoms with Crippen LogP contribution in [-0.2, 0) is 16.9 Å². The number of thiazole rings is 1. The van der Waals surface area contributed by atoms with E-state index in [1.54, 1.807) is 30.4 Å². The van der Waals surface area contributed by atoms with Crippen molar-refractivity contribution in [2.45, 2.75) is 25.0 Å². The van der Waals surface area contributed by atoms with Crippen LogP contribution in [0.2, 0.25) is 0 Å². The van der Waals surface area contributed by atoms with Crippen LogP contribution in [0.1, 0.15) is 18.4 Å². The Morgan fingerprint density at radius 3 is 2.97 bits per heavy atom. The van der Waals surface area contributed by atoms with E-state index in [4.69, 9.17) is 4.98 Å². The van der Waals surface area contributed by atoms with Crippen molar-refractivity contribution >= 4 is 34.7 Å². The number of hydrogen-bond acceptors (Lipinski definition) is 9. The Morgan fingerprint density at radius 2 is 2.11 bits per heavy atom. The number of carbonyl (C=O) groups is 1. The largest absolute Gasteiger partial charge is 0.375 e. The lowest BCUT2D eigenvalue weighted by atomic mass is 9.91. The number of nitrogens with zero attached hydrogens (tertiary/aromatic N) is 6. The number of benzene rings is 1. The minimum absolute atomic E-state index is 0.273. The van der Waals surface area contributed by atoms with Crippen LogP contribution in [0.3, 0.4) is 0 Å². The number of likely N-dealkylation sites (tertiary alicyclic amines) is 1. The van der Waals surface area contributed by atoms with Gasteiger partial charge in [0.1, 0.15) is 22.2 Å². The van der Waals surface area contributed by atoms with Crippen molar-refractivity contribution in [3.8, 4) is 22.0 Å². The first-order valence-electron chi connectivity index (χ1n) is 11.5. The molecule has 1 amide bonds. The third-order valence-corrected chi connectivity index (χ3v) is 7.34. The minimum atomic E-state index is -1.49. The molecule has 6 rings (SSSR count). The molecule has 3 N–H and O–H groups in total. The topological polar surface area (TPSA) is 121 Å². The van der Waals surface area contributed by atoms with Crippen molar-refractivity contribution in [1.29, 1.82) is 0 Å². The Balaban J connectivity index is 1.25. The van der Waals surface area contributed by atoms with Crippen LogP contribution in [0, 0.1) is 0 Å². The second-order valence-electron chi connectivity index (χ2n) is 8.76. The van der Waals surface area contributed by atoms with Crippen molar-refractivity contribution in [1.82, 2.24) is 29.6 Å². The van der Waals surface area contributed by atoms with Gasteiger partial charge in [-0.2, -0.15) is 5.10 Å². The molecular weight excluding hydrogens is 464 g/mol. The van der Waals surface area contributed by atoms with Crippen LogP contribution in [0.4, 0.5) is 17.5 Å². The van der Waals surface area contributed by atoms with Crippen molar-refractivity contribution in [2.75, 3.05) is 30.8 Å². The van der Waals surface area contributed by atoms with E-state index in [1.807, 2.05) is 34.3 Å². The molecule has 1 unspecified atom stereocenters. The molecular formula is C24H24N8O2S. The van der Waals surface area contributed by atoms with Crippen molar-refractivity contribution in [2.24, 2.45) is 0 Å². The number of nitrogens with one attached hydrogen (secondary N) is 2. The number of amides is 1. The van der Waals surface area contributed by atoms with Gasteiger partial charge >= 0.3 is 0 Å². The highest BCUT2D eigenvalue weighted by molar-refractivity contribution is 7.13. The standard InChI is InChI=1S/C24H24N8O2S/c1-31-11-7-24(34,22(31)33)16-5-2-4-15(12-16)21-28-19(14-35-21)17-6-9-26-23(29-17)30-18-13-27-32-10-3-8-25-20(18)32/h2,4-6,9,12-14,25,34H,3,7-8,10-11H2,1H3,(H,26,29,30). The van der Waals surface area contributed by atoms with Crippen LogP contribution in [0.5, 0.6) is 0 Å². The molecule has 0 saturated carbocycles. The summed E-state index contributed by atoms with van der Waals surface area (Å²) >= 11 is 1.49. The molecule has 10 nitrogen and oxygen atoms in total. The number of fused-ring (bicyclic) bond motifs is 1. The predicted molar refractivity (Wildman–Crippen MR) is 133 cm³/mol. The lowest BCUT2D eigenvalue weighted by Gasteiger charge is -2.21. The van der Waals surface area contributed by atoms with E-state index in [2.05, 4.69) is 25.7 Å². The van der Waals surface area contributed by atoms with Crippen LogP contribution in [0.25, 0.3) is 22.0 Å². The predicted octanol–water partition coefficient (Wildman–Crippen LogP) is 3.07. The van der Waals surface area contributed by atoms with Gasteiger partial charge in [0.2, 0.25) is 5.95 Å². The van der Waals surface area contributed by atoms with Crippen LogP contribution in [0.15, 0.2) is 48.1 Å². The molecule has 5 heterocycles. The maximum atomic E-state index is 12.5. The van der Waals surface area contributed by atoms with E-state index >= 15 is 0 Å². The first-order valence-corrected chi connectivity index (χ1v) is 12.3. The molecule has 0 radical (unpaired) electrons. The molecule has 1 saturated heterocycles. The summed E-state index contributed by atoms with van der Waals surface area (Å²) in [6.07, 6.45) is 4.90. The number of carbonyl (C=O) groups excluding carboxylic acids is 1. The van der Waals surface area contributed by atoms with Crippen molar-refractivity contribution in [3.05, 3.63) is 53.7 Å². The first-order chi connectivity index (χ1) is 17.0. The van der Waals surface area contributed by atoms with Gasteiger partial charge in [-0.1, -0.05) is 18.2 Å². The molecule has 0 aliphatic carbocycles. The van der Waals surface area contributed by atoms with Gasteiger partial charge in [0.25, 0.3) is 5.91 Å². The fraction of sp³-hybridized carbons (Fsp3) is 0.292. The number of aliphatic hydroxyl groups is 1. The van der Waals surface area contributed by atoms with Gasteiger partial charge in [-0.3, -0.25) is 4.79 Å². The van der Waals surface area contributed by atoms with Gasteiger partial charge in [-0.25, -0.2) is 19.6 Å². The van der Waals surface area contributed by atoms with E-state index < -0.39 is 5.60 Å². The van der Waals surface area contributed by atoms with E-state index in [1.165, 1.54) is 11.3 Å². The summed E-state index contributed by atoms with van der Waals surface area (Å²) in [6.45, 7) is 2.33. The summed E-state index contributed by atoms with van der Waals surface area (Å²) in [5.74, 6) is 1.13. The maximum Gasteiger partial charge on any atom is 0.258 e. The van der Waals surface area contributed by atoms with E-state index in [9.17, 15) is 9.90 Å². The summed E-state index contributed by atoms with van der Waals surface area (Å²) < 4.78 is 1.93. The molecule has 1 fully saturated rings. The fourth-order valence-electron chi connectivity index (χ4n) is 4.51. The molecule has 1 atom stereocenters. The van der Waals surface area contributed by atoms with Crippen molar-refractivity contribution < 1.29 is 9.90 Å². The zero-order chi connectivity index (χ0) is 24.0. The summed E-state index contributed by atoms with van der Waals surface area (Å²) in [6, 6.07) is 9.25. The summed E-state index contributed by atoms with van der Waals surface area (Å²) in [4.78, 5) is 27.9. The molecule has 11 heteroatoms. The Labute approximate surface area is 205 Å². The number of anilines is 3. The SMILES string of the molecule is CN1CCC(O)(c2cccc(-c3nc(-c4ccnc(Nc5cnn6c5NCCC6)n4)cs3)c2)C1=O. The molecule has 35 heavy (non-hydrogen) atoms. The summed E-state index contributed by atoms with van der Waals surface area (Å²) in [5, 5.41) is 24.8. The van der Waals surface area contributed by atoms with E-state index in [0.29, 0.717) is 30.2 Å². The Bertz CT molecular complexity index is 1420. The molecule has 3 aromatic heterocycles.